The fourth-order valence-electron chi connectivity index (χ4n) is 29.2. The predicted molar refractivity (Wildman–Crippen MR) is 564 cm³/mol. The molecule has 0 bridgehead atoms. The quantitative estimate of drug-likeness (QED) is 0.227. The topological polar surface area (TPSA) is 0 Å². The van der Waals surface area contributed by atoms with Crippen molar-refractivity contribution in [3.8, 4) is 0 Å². The molecule has 1 saturated carbocycles. The highest BCUT2D eigenvalue weighted by Crippen LogP contribution is 2.55. The van der Waals surface area contributed by atoms with Gasteiger partial charge in [0, 0.05) is 0 Å². The van der Waals surface area contributed by atoms with Crippen molar-refractivity contribution in [3.63, 3.8) is 0 Å². The maximum atomic E-state index is 2.67. The van der Waals surface area contributed by atoms with Crippen molar-refractivity contribution in [1.82, 2.24) is 0 Å². The fourth-order valence-corrected chi connectivity index (χ4v) is 29.2. The Balaban J connectivity index is 3.79. The first kappa shape index (κ1) is 121. The van der Waals surface area contributed by atoms with Crippen LogP contribution in [-0.4, -0.2) is 0 Å². The molecule has 0 aromatic rings. The summed E-state index contributed by atoms with van der Waals surface area (Å²) < 4.78 is 0. The highest BCUT2D eigenvalue weighted by atomic mass is 14.5. The second-order valence-corrected chi connectivity index (χ2v) is 53.2. The zero-order valence-electron chi connectivity index (χ0n) is 97.0. The molecule has 1 aliphatic rings. The second kappa shape index (κ2) is 52.2. The molecule has 123 heavy (non-hydrogen) atoms. The van der Waals surface area contributed by atoms with Crippen molar-refractivity contribution in [2.75, 3.05) is 0 Å². The van der Waals surface area contributed by atoms with Crippen molar-refractivity contribution >= 4 is 0 Å². The van der Waals surface area contributed by atoms with Crippen LogP contribution in [0.4, 0.5) is 0 Å². The summed E-state index contributed by atoms with van der Waals surface area (Å²) in [5, 5.41) is 0. The minimum atomic E-state index is 0.233. The van der Waals surface area contributed by atoms with Crippen LogP contribution in [0.3, 0.4) is 0 Å². The first-order chi connectivity index (χ1) is 56.0. The van der Waals surface area contributed by atoms with Crippen molar-refractivity contribution < 1.29 is 0 Å². The fraction of sp³-hybridized carbons (Fsp3) is 1.00. The monoisotopic (exact) mass is 1720 g/mol. The maximum absolute atomic E-state index is 2.67. The Kier molecular flexibility index (Phi) is 51.3. The molecule has 1 rings (SSSR count). The van der Waals surface area contributed by atoms with E-state index >= 15 is 0 Å². The summed E-state index contributed by atoms with van der Waals surface area (Å²) in [6.07, 6.45) is 2.70. The van der Waals surface area contributed by atoms with Crippen LogP contribution in [0.15, 0.2) is 0 Å². The molecule has 0 heteroatoms. The van der Waals surface area contributed by atoms with Crippen LogP contribution in [0, 0.1) is 355 Å². The summed E-state index contributed by atoms with van der Waals surface area (Å²) in [6.45, 7) is 162. The Hall–Kier alpha value is 0. The van der Waals surface area contributed by atoms with E-state index in [1.165, 1.54) is 12.8 Å². The molecule has 738 valence electrons. The van der Waals surface area contributed by atoms with Crippen molar-refractivity contribution in [2.45, 2.75) is 435 Å². The standard InChI is InChI=1S/C123H246/c1-64-62-63-65(2)67(4)69(6)71(8)73(10)115(52)117(54)119(56)121(58)123(60,61)122(59)120(57)118(55)116(53)114(51)113(50)112(49)111(48)110(47)109(46)108(45)107(44)106(43)105(42)104(41)103(40)102(39)101(38)100(37)99(36)98(35)97(34)96(33)95(32)94(31)93(30)92(29)91(28)90(27)89(26)88(25)87(24)86(23)85(22)84(21)83(20)82(19)81(18)80(17)79(16)78(15)77(14)76(13)75(12)74(11)72(9)70(7)68(5)66(64)3/h64-122H,62-63H2,1-61H3. The van der Waals surface area contributed by atoms with Crippen LogP contribution in [-0.2, 0) is 0 Å². The summed E-state index contributed by atoms with van der Waals surface area (Å²) in [4.78, 5) is 0. The van der Waals surface area contributed by atoms with Crippen LogP contribution in [0.1, 0.15) is 435 Å². The number of hydrogen-bond donors (Lipinski definition) is 0. The van der Waals surface area contributed by atoms with Crippen LogP contribution < -0.4 is 0 Å². The van der Waals surface area contributed by atoms with Gasteiger partial charge in [0.15, 0.2) is 0 Å². The average molecular weight is 1730 g/mol. The molecular formula is C123H246. The third kappa shape index (κ3) is 29.3. The lowest BCUT2D eigenvalue weighted by Crippen LogP contribution is -2.42. The molecule has 0 nitrogen and oxygen atoms in total. The Morgan fingerprint density at radius 2 is 0.146 bits per heavy atom. The first-order valence-electron chi connectivity index (χ1n) is 56.0. The Labute approximate surface area is 784 Å². The van der Waals surface area contributed by atoms with Gasteiger partial charge in [-0.25, -0.2) is 0 Å². The number of hydrogen-bond acceptors (Lipinski definition) is 0. The van der Waals surface area contributed by atoms with Gasteiger partial charge in [0.25, 0.3) is 0 Å². The number of rotatable bonds is 0. The molecule has 0 spiro atoms. The van der Waals surface area contributed by atoms with Crippen LogP contribution in [0.25, 0.3) is 0 Å². The summed E-state index contributed by atoms with van der Waals surface area (Å²) in [6, 6.07) is 0. The van der Waals surface area contributed by atoms with Gasteiger partial charge in [-0.3, -0.25) is 0 Å². The minimum Gasteiger partial charge on any atom is -0.0622 e. The van der Waals surface area contributed by atoms with Crippen LogP contribution >= 0.6 is 0 Å². The molecule has 59 unspecified atom stereocenters. The van der Waals surface area contributed by atoms with Gasteiger partial charge in [-0.05, 0) is 355 Å². The molecule has 0 aromatic carbocycles. The minimum absolute atomic E-state index is 0.233. The largest absolute Gasteiger partial charge is 0.0622 e. The molecule has 0 aromatic heterocycles. The Morgan fingerprint density at radius 3 is 0.220 bits per heavy atom. The van der Waals surface area contributed by atoms with Crippen LogP contribution in [0.5, 0.6) is 0 Å². The normalized spacial score (nSPS) is 54.5. The molecule has 1 fully saturated rings. The van der Waals surface area contributed by atoms with E-state index in [9.17, 15) is 0 Å². The van der Waals surface area contributed by atoms with Crippen molar-refractivity contribution in [1.29, 1.82) is 0 Å². The van der Waals surface area contributed by atoms with E-state index < -0.39 is 0 Å². The lowest BCUT2D eigenvalue weighted by Gasteiger charge is -2.49. The summed E-state index contributed by atoms with van der Waals surface area (Å²) in [5.74, 6) is 40.3. The van der Waals surface area contributed by atoms with E-state index in [2.05, 4.69) is 422 Å². The molecule has 1 aliphatic carbocycles. The molecule has 0 aliphatic heterocycles. The average Bonchev–Trinajstić information content (AvgIpc) is 0.774. The highest BCUT2D eigenvalue weighted by molar-refractivity contribution is 4.97. The Bertz CT molecular complexity index is 2770. The maximum Gasteiger partial charge on any atom is -0.0298 e. The Morgan fingerprint density at radius 1 is 0.0894 bits per heavy atom. The van der Waals surface area contributed by atoms with E-state index in [1.54, 1.807) is 0 Å². The van der Waals surface area contributed by atoms with E-state index in [0.717, 1.165) is 17.8 Å². The summed E-state index contributed by atoms with van der Waals surface area (Å²) in [7, 11) is 0. The predicted octanol–water partition coefficient (Wildman–Crippen LogP) is 39.3. The zero-order chi connectivity index (χ0) is 97.0. The van der Waals surface area contributed by atoms with Gasteiger partial charge in [0.1, 0.15) is 0 Å². The second-order valence-electron chi connectivity index (χ2n) is 53.2. The molecule has 59 atom stereocenters. The summed E-state index contributed by atoms with van der Waals surface area (Å²) in [5.41, 5.74) is 0.233. The van der Waals surface area contributed by atoms with Gasteiger partial charge in [0.2, 0.25) is 0 Å². The smallest absolute Gasteiger partial charge is 0.0298 e. The molecule has 0 N–H and O–H groups in total. The lowest BCUT2D eigenvalue weighted by molar-refractivity contribution is -0.00277. The van der Waals surface area contributed by atoms with E-state index in [1.807, 2.05) is 0 Å². The molecule has 0 amide bonds. The zero-order valence-corrected chi connectivity index (χ0v) is 97.0. The van der Waals surface area contributed by atoms with Gasteiger partial charge in [-0.2, -0.15) is 0 Å². The van der Waals surface area contributed by atoms with Crippen molar-refractivity contribution in [3.05, 3.63) is 0 Å². The van der Waals surface area contributed by atoms with Gasteiger partial charge in [0.05, 0.1) is 0 Å². The SMILES string of the molecule is CC1CCC(C)C(C)C(C)C(C)C(C)C(C)C(C)C(C)C(C)C(C)(C)C(C)C(C)C(C)C(C)C(C)C(C)C(C)C(C)C(C)C(C)C(C)C(C)C(C)C(C)C(C)C(C)C(C)C(C)C(C)C(C)C(C)C(C)C(C)C(C)C(C)C(C)C(C)C(C)C(C)C(C)C(C)C(C)C(C)C(C)C(C)C(C)C(C)C(C)C(C)C(C)C(C)C(C)C(C)C(C)C(C)C(C)C(C)C(C)C1C. The third-order valence-corrected chi connectivity index (χ3v) is 50.8. The lowest BCUT2D eigenvalue weighted by atomic mass is 9.56. The third-order valence-electron chi connectivity index (χ3n) is 50.8. The van der Waals surface area contributed by atoms with Gasteiger partial charge in [-0.1, -0.05) is 435 Å². The molecule has 0 radical (unpaired) electrons. The van der Waals surface area contributed by atoms with Crippen molar-refractivity contribution in [2.24, 2.45) is 355 Å². The van der Waals surface area contributed by atoms with Crippen LogP contribution in [0.2, 0.25) is 0 Å². The molecule has 0 heterocycles. The van der Waals surface area contributed by atoms with E-state index in [0.29, 0.717) is 331 Å². The van der Waals surface area contributed by atoms with E-state index in [4.69, 9.17) is 0 Å². The molecule has 0 saturated heterocycles. The summed E-state index contributed by atoms with van der Waals surface area (Å²) >= 11 is 0. The highest BCUT2D eigenvalue weighted by Gasteiger charge is 2.48. The van der Waals surface area contributed by atoms with Gasteiger partial charge < -0.3 is 0 Å². The van der Waals surface area contributed by atoms with Gasteiger partial charge in [-0.15, -0.1) is 0 Å². The van der Waals surface area contributed by atoms with E-state index in [-0.39, 0.29) is 5.41 Å². The molecular weight excluding hydrogens is 1480 g/mol. The van der Waals surface area contributed by atoms with Gasteiger partial charge >= 0.3 is 0 Å². The first-order valence-corrected chi connectivity index (χ1v) is 56.0.